The van der Waals surface area contributed by atoms with Gasteiger partial charge in [0.1, 0.15) is 12.7 Å². The van der Waals surface area contributed by atoms with Crippen LogP contribution in [-0.2, 0) is 19.1 Å². The summed E-state index contributed by atoms with van der Waals surface area (Å²) in [4.78, 5) is 19.5. The smallest absolute Gasteiger partial charge is 0.294 e. The molecule has 0 aliphatic heterocycles. The molecule has 0 aromatic rings. The minimum atomic E-state index is -1.05. The van der Waals surface area contributed by atoms with Crippen LogP contribution in [0.2, 0.25) is 0 Å². The van der Waals surface area contributed by atoms with E-state index in [2.05, 4.69) is 16.1 Å². The molecule has 0 radical (unpaired) electrons. The molecule has 0 saturated carbocycles. The van der Waals surface area contributed by atoms with Crippen LogP contribution in [0.15, 0.2) is 12.2 Å². The van der Waals surface area contributed by atoms with E-state index in [1.54, 1.807) is 6.07 Å². The molecule has 0 aromatic carbocycles. The van der Waals surface area contributed by atoms with Gasteiger partial charge in [0.25, 0.3) is 12.9 Å². The molecule has 12 heavy (non-hydrogen) atoms. The van der Waals surface area contributed by atoms with Crippen molar-refractivity contribution >= 4 is 12.9 Å². The number of hydrogen-bond donors (Lipinski definition) is 0. The Bertz CT molecular complexity index is 218. The number of carbonyl (C=O) groups is 2. The zero-order chi connectivity index (χ0) is 9.40. The lowest BCUT2D eigenvalue weighted by Gasteiger charge is -2.08. The highest BCUT2D eigenvalue weighted by molar-refractivity contribution is 5.41. The third-order valence-corrected chi connectivity index (χ3v) is 1.02. The third kappa shape index (κ3) is 3.37. The van der Waals surface area contributed by atoms with E-state index in [1.807, 2.05) is 0 Å². The summed E-state index contributed by atoms with van der Waals surface area (Å²) < 4.78 is 8.61. The van der Waals surface area contributed by atoms with Crippen molar-refractivity contribution in [2.24, 2.45) is 0 Å². The van der Waals surface area contributed by atoms with Crippen LogP contribution in [-0.4, -0.2) is 25.7 Å². The molecule has 0 bridgehead atoms. The van der Waals surface area contributed by atoms with Gasteiger partial charge in [0.2, 0.25) is 6.10 Å². The molecule has 64 valence electrons. The fourth-order valence-electron chi connectivity index (χ4n) is 0.490. The highest BCUT2D eigenvalue weighted by Gasteiger charge is 2.11. The largest absolute Gasteiger partial charge is 0.463 e. The summed E-state index contributed by atoms with van der Waals surface area (Å²) in [5.74, 6) is 0. The predicted molar refractivity (Wildman–Crippen MR) is 37.7 cm³/mol. The standard InChI is InChI=1S/C7H7NO4/c1-6(3-11-4-9)7(2-8)12-5-10/h4-5,7H,1,3H2. The van der Waals surface area contributed by atoms with Gasteiger partial charge in [-0.2, -0.15) is 5.26 Å². The number of hydrogen-bond acceptors (Lipinski definition) is 5. The summed E-state index contributed by atoms with van der Waals surface area (Å²) in [7, 11) is 0. The van der Waals surface area contributed by atoms with Gasteiger partial charge in [-0.3, -0.25) is 9.59 Å². The van der Waals surface area contributed by atoms with Crippen LogP contribution in [0.1, 0.15) is 0 Å². The molecule has 5 nitrogen and oxygen atoms in total. The Morgan fingerprint density at radius 2 is 2.25 bits per heavy atom. The average Bonchev–Trinajstić information content (AvgIpc) is 2.10. The van der Waals surface area contributed by atoms with Gasteiger partial charge >= 0.3 is 0 Å². The summed E-state index contributed by atoms with van der Waals surface area (Å²) in [6.07, 6.45) is -1.05. The second-order valence-electron chi connectivity index (χ2n) is 1.81. The second kappa shape index (κ2) is 5.92. The zero-order valence-electron chi connectivity index (χ0n) is 6.23. The van der Waals surface area contributed by atoms with Gasteiger partial charge in [0.05, 0.1) is 0 Å². The van der Waals surface area contributed by atoms with Gasteiger partial charge in [0.15, 0.2) is 0 Å². The molecule has 1 atom stereocenters. The van der Waals surface area contributed by atoms with Crippen molar-refractivity contribution in [2.75, 3.05) is 6.61 Å². The lowest BCUT2D eigenvalue weighted by molar-refractivity contribution is -0.130. The first kappa shape index (κ1) is 10.2. The van der Waals surface area contributed by atoms with Crippen molar-refractivity contribution in [3.8, 4) is 6.07 Å². The monoisotopic (exact) mass is 169 g/mol. The zero-order valence-corrected chi connectivity index (χ0v) is 6.23. The minimum Gasteiger partial charge on any atom is -0.463 e. The number of carbonyl (C=O) groups excluding carboxylic acids is 2. The highest BCUT2D eigenvalue weighted by atomic mass is 16.5. The topological polar surface area (TPSA) is 76.4 Å². The van der Waals surface area contributed by atoms with Crippen LogP contribution in [0.3, 0.4) is 0 Å². The van der Waals surface area contributed by atoms with Crippen LogP contribution in [0.4, 0.5) is 0 Å². The maximum Gasteiger partial charge on any atom is 0.294 e. The number of nitrogens with zero attached hydrogens (tertiary/aromatic N) is 1. The SMILES string of the molecule is C=C(COC=O)C(C#N)OC=O. The number of rotatable bonds is 6. The average molecular weight is 169 g/mol. The van der Waals surface area contributed by atoms with Crippen LogP contribution in [0, 0.1) is 11.3 Å². The lowest BCUT2D eigenvalue weighted by Crippen LogP contribution is -2.15. The molecule has 0 spiro atoms. The van der Waals surface area contributed by atoms with E-state index in [0.717, 1.165) is 0 Å². The van der Waals surface area contributed by atoms with Crippen molar-refractivity contribution in [1.82, 2.24) is 0 Å². The Labute approximate surface area is 69.2 Å². The number of ether oxygens (including phenoxy) is 2. The molecule has 0 aliphatic carbocycles. The van der Waals surface area contributed by atoms with E-state index < -0.39 is 6.10 Å². The van der Waals surface area contributed by atoms with E-state index in [4.69, 9.17) is 5.26 Å². The van der Waals surface area contributed by atoms with Crippen LogP contribution in [0.5, 0.6) is 0 Å². The molecular weight excluding hydrogens is 162 g/mol. The number of nitriles is 1. The van der Waals surface area contributed by atoms with Gasteiger partial charge in [-0.25, -0.2) is 0 Å². The summed E-state index contributed by atoms with van der Waals surface area (Å²) in [5.41, 5.74) is 0.219. The fourth-order valence-corrected chi connectivity index (χ4v) is 0.490. The van der Waals surface area contributed by atoms with E-state index in [0.29, 0.717) is 0 Å². The highest BCUT2D eigenvalue weighted by Crippen LogP contribution is 2.02. The third-order valence-electron chi connectivity index (χ3n) is 1.02. The van der Waals surface area contributed by atoms with Crippen molar-refractivity contribution in [1.29, 1.82) is 5.26 Å². The quantitative estimate of drug-likeness (QED) is 0.406. The van der Waals surface area contributed by atoms with E-state index in [9.17, 15) is 9.59 Å². The van der Waals surface area contributed by atoms with Crippen LogP contribution < -0.4 is 0 Å². The Morgan fingerprint density at radius 3 is 2.67 bits per heavy atom. The minimum absolute atomic E-state index is 0.129. The molecule has 0 aromatic heterocycles. The summed E-state index contributed by atoms with van der Waals surface area (Å²) in [5, 5.41) is 8.39. The summed E-state index contributed by atoms with van der Waals surface area (Å²) in [6.45, 7) is 3.62. The van der Waals surface area contributed by atoms with E-state index in [-0.39, 0.29) is 25.1 Å². The summed E-state index contributed by atoms with van der Waals surface area (Å²) >= 11 is 0. The first-order valence-corrected chi connectivity index (χ1v) is 2.98. The van der Waals surface area contributed by atoms with Crippen molar-refractivity contribution in [3.05, 3.63) is 12.2 Å². The first-order valence-electron chi connectivity index (χ1n) is 2.98. The van der Waals surface area contributed by atoms with Gasteiger partial charge in [-0.15, -0.1) is 0 Å². The van der Waals surface area contributed by atoms with Crippen LogP contribution in [0.25, 0.3) is 0 Å². The Hall–Kier alpha value is -1.83. The first-order chi connectivity index (χ1) is 5.76. The Kier molecular flexibility index (Phi) is 5.02. The molecule has 0 aliphatic rings. The maximum absolute atomic E-state index is 9.83. The van der Waals surface area contributed by atoms with Gasteiger partial charge in [-0.1, -0.05) is 6.58 Å². The molecule has 5 heteroatoms. The lowest BCUT2D eigenvalue weighted by atomic mass is 10.2. The van der Waals surface area contributed by atoms with Crippen molar-refractivity contribution in [2.45, 2.75) is 6.10 Å². The Morgan fingerprint density at radius 1 is 1.58 bits per heavy atom. The Balaban J connectivity index is 3.95. The van der Waals surface area contributed by atoms with Crippen molar-refractivity contribution < 1.29 is 19.1 Å². The van der Waals surface area contributed by atoms with Gasteiger partial charge in [0, 0.05) is 5.57 Å². The maximum atomic E-state index is 9.83. The molecule has 1 unspecified atom stereocenters. The second-order valence-corrected chi connectivity index (χ2v) is 1.81. The molecule has 0 heterocycles. The van der Waals surface area contributed by atoms with Gasteiger partial charge < -0.3 is 9.47 Å². The molecule has 0 N–H and O–H groups in total. The summed E-state index contributed by atoms with van der Waals surface area (Å²) in [6, 6.07) is 1.66. The molecule has 0 saturated heterocycles. The molecule has 0 amide bonds. The molecule has 0 fully saturated rings. The molecular formula is C7H7NO4. The molecule has 0 rings (SSSR count). The van der Waals surface area contributed by atoms with E-state index in [1.165, 1.54) is 0 Å². The fraction of sp³-hybridized carbons (Fsp3) is 0.286. The predicted octanol–water partition coefficient (Wildman–Crippen LogP) is -0.219. The van der Waals surface area contributed by atoms with Crippen LogP contribution >= 0.6 is 0 Å². The van der Waals surface area contributed by atoms with Crippen molar-refractivity contribution in [3.63, 3.8) is 0 Å². The normalized spacial score (nSPS) is 10.6. The van der Waals surface area contributed by atoms with Gasteiger partial charge in [-0.05, 0) is 0 Å². The van der Waals surface area contributed by atoms with E-state index >= 15 is 0 Å².